The number of carbonyl (C=O) groups is 2. The third-order valence-corrected chi connectivity index (χ3v) is 4.50. The topological polar surface area (TPSA) is 79.7 Å². The molecular weight excluding hydrogens is 272 g/mol. The summed E-state index contributed by atoms with van der Waals surface area (Å²) in [5.41, 5.74) is 0.489. The van der Waals surface area contributed by atoms with Crippen molar-refractivity contribution in [2.75, 3.05) is 26.3 Å². The van der Waals surface area contributed by atoms with Crippen molar-refractivity contribution in [2.24, 2.45) is 5.41 Å². The van der Waals surface area contributed by atoms with Crippen LogP contribution in [-0.4, -0.2) is 53.2 Å². The monoisotopic (exact) mass is 290 g/mol. The number of likely N-dealkylation sites (tertiary alicyclic amines) is 1. The van der Waals surface area contributed by atoms with Gasteiger partial charge in [-0.05, 0) is 36.8 Å². The summed E-state index contributed by atoms with van der Waals surface area (Å²) in [5, 5.41) is 8.95. The molecule has 2 aliphatic heterocycles. The molecule has 2 fully saturated rings. The molecule has 21 heavy (non-hydrogen) atoms. The molecule has 6 nitrogen and oxygen atoms in total. The Hall–Kier alpha value is -1.95. The molecule has 1 N–H and O–H groups in total. The van der Waals surface area contributed by atoms with Gasteiger partial charge in [0.05, 0.1) is 0 Å². The van der Waals surface area contributed by atoms with E-state index in [2.05, 4.69) is 4.98 Å². The van der Waals surface area contributed by atoms with Crippen LogP contribution in [0.2, 0.25) is 0 Å². The van der Waals surface area contributed by atoms with Crippen LogP contribution in [0.15, 0.2) is 18.3 Å². The van der Waals surface area contributed by atoms with Crippen LogP contribution in [-0.2, 0) is 4.74 Å². The number of amides is 1. The Morgan fingerprint density at radius 2 is 2.05 bits per heavy atom. The number of hydrogen-bond donors (Lipinski definition) is 1. The zero-order valence-electron chi connectivity index (χ0n) is 11.7. The van der Waals surface area contributed by atoms with Crippen LogP contribution in [0.5, 0.6) is 0 Å². The van der Waals surface area contributed by atoms with Gasteiger partial charge in [0.15, 0.2) is 0 Å². The van der Waals surface area contributed by atoms with E-state index in [1.807, 2.05) is 4.90 Å². The van der Waals surface area contributed by atoms with Crippen molar-refractivity contribution in [3.8, 4) is 0 Å². The van der Waals surface area contributed by atoms with Gasteiger partial charge in [-0.2, -0.15) is 0 Å². The number of nitrogens with zero attached hydrogens (tertiary/aromatic N) is 2. The Kier molecular flexibility index (Phi) is 3.63. The summed E-state index contributed by atoms with van der Waals surface area (Å²) in [7, 11) is 0. The van der Waals surface area contributed by atoms with Gasteiger partial charge in [-0.1, -0.05) is 0 Å². The number of aromatic carboxylic acids is 1. The fourth-order valence-corrected chi connectivity index (χ4v) is 3.18. The lowest BCUT2D eigenvalue weighted by Crippen LogP contribution is -2.35. The van der Waals surface area contributed by atoms with Gasteiger partial charge < -0.3 is 14.7 Å². The Labute approximate surface area is 122 Å². The van der Waals surface area contributed by atoms with E-state index >= 15 is 0 Å². The van der Waals surface area contributed by atoms with Crippen LogP contribution in [0.25, 0.3) is 0 Å². The number of carbonyl (C=O) groups excluding carboxylic acids is 1. The van der Waals surface area contributed by atoms with E-state index in [9.17, 15) is 9.59 Å². The van der Waals surface area contributed by atoms with Crippen molar-refractivity contribution in [1.82, 2.24) is 9.88 Å². The Bertz CT molecular complexity index is 567. The van der Waals surface area contributed by atoms with E-state index in [4.69, 9.17) is 9.84 Å². The summed E-state index contributed by atoms with van der Waals surface area (Å²) < 4.78 is 5.40. The summed E-state index contributed by atoms with van der Waals surface area (Å²) in [6.07, 6.45) is 4.36. The second kappa shape index (κ2) is 5.44. The SMILES string of the molecule is O=C(O)c1cc(C(=O)N2CCC3(CCOCC3)C2)ccn1. The average Bonchev–Trinajstić information content (AvgIpc) is 2.91. The average molecular weight is 290 g/mol. The second-order valence-electron chi connectivity index (χ2n) is 5.82. The molecule has 0 atom stereocenters. The highest BCUT2D eigenvalue weighted by Crippen LogP contribution is 2.40. The number of rotatable bonds is 2. The number of ether oxygens (including phenoxy) is 1. The molecule has 0 radical (unpaired) electrons. The predicted molar refractivity (Wildman–Crippen MR) is 74.2 cm³/mol. The second-order valence-corrected chi connectivity index (χ2v) is 5.82. The molecule has 2 saturated heterocycles. The van der Waals surface area contributed by atoms with Crippen molar-refractivity contribution in [3.05, 3.63) is 29.6 Å². The minimum absolute atomic E-state index is 0.0965. The van der Waals surface area contributed by atoms with E-state index < -0.39 is 5.97 Å². The zero-order chi connectivity index (χ0) is 14.9. The van der Waals surface area contributed by atoms with Gasteiger partial charge in [0, 0.05) is 38.1 Å². The van der Waals surface area contributed by atoms with Crippen LogP contribution in [0.1, 0.15) is 40.1 Å². The largest absolute Gasteiger partial charge is 0.477 e. The molecule has 6 heteroatoms. The molecule has 1 amide bonds. The smallest absolute Gasteiger partial charge is 0.354 e. The first-order valence-electron chi connectivity index (χ1n) is 7.16. The molecular formula is C15H18N2O4. The Morgan fingerprint density at radius 1 is 1.29 bits per heavy atom. The molecule has 0 unspecified atom stereocenters. The Balaban J connectivity index is 1.74. The first-order valence-corrected chi connectivity index (χ1v) is 7.16. The predicted octanol–water partition coefficient (Wildman–Crippen LogP) is 1.42. The number of aromatic nitrogens is 1. The maximum absolute atomic E-state index is 12.5. The molecule has 1 spiro atoms. The molecule has 0 aliphatic carbocycles. The van der Waals surface area contributed by atoms with E-state index in [0.29, 0.717) is 5.56 Å². The quantitative estimate of drug-likeness (QED) is 0.891. The highest BCUT2D eigenvalue weighted by Gasteiger charge is 2.41. The van der Waals surface area contributed by atoms with Gasteiger partial charge in [-0.3, -0.25) is 4.79 Å². The first-order chi connectivity index (χ1) is 10.1. The van der Waals surface area contributed by atoms with Crippen molar-refractivity contribution >= 4 is 11.9 Å². The minimum Gasteiger partial charge on any atom is -0.477 e. The standard InChI is InChI=1S/C15H18N2O4/c18-13(11-1-5-16-12(9-11)14(19)20)17-6-2-15(10-17)3-7-21-8-4-15/h1,5,9H,2-4,6-8,10H2,(H,19,20). The van der Waals surface area contributed by atoms with Gasteiger partial charge in [-0.25, -0.2) is 9.78 Å². The summed E-state index contributed by atoms with van der Waals surface area (Å²) in [5.74, 6) is -1.23. The molecule has 1 aromatic rings. The fraction of sp³-hybridized carbons (Fsp3) is 0.533. The molecule has 0 saturated carbocycles. The third kappa shape index (κ3) is 2.76. The number of hydrogen-bond acceptors (Lipinski definition) is 4. The lowest BCUT2D eigenvalue weighted by Gasteiger charge is -2.33. The van der Waals surface area contributed by atoms with E-state index in [1.54, 1.807) is 6.07 Å². The lowest BCUT2D eigenvalue weighted by atomic mass is 9.80. The molecule has 0 bridgehead atoms. The van der Waals surface area contributed by atoms with Gasteiger partial charge in [-0.15, -0.1) is 0 Å². The Morgan fingerprint density at radius 3 is 2.76 bits per heavy atom. The third-order valence-electron chi connectivity index (χ3n) is 4.50. The highest BCUT2D eigenvalue weighted by molar-refractivity contribution is 5.96. The number of carboxylic acid groups (broad SMARTS) is 1. The van der Waals surface area contributed by atoms with Gasteiger partial charge >= 0.3 is 5.97 Å². The van der Waals surface area contributed by atoms with Crippen LogP contribution < -0.4 is 0 Å². The van der Waals surface area contributed by atoms with E-state index in [-0.39, 0.29) is 17.0 Å². The molecule has 2 aliphatic rings. The van der Waals surface area contributed by atoms with E-state index in [1.165, 1.54) is 12.3 Å². The van der Waals surface area contributed by atoms with Crippen molar-refractivity contribution < 1.29 is 19.4 Å². The number of pyridine rings is 1. The summed E-state index contributed by atoms with van der Waals surface area (Å²) in [6.45, 7) is 2.99. The molecule has 3 heterocycles. The normalized spacial score (nSPS) is 20.7. The van der Waals surface area contributed by atoms with Crippen LogP contribution in [0.4, 0.5) is 0 Å². The summed E-state index contributed by atoms with van der Waals surface area (Å²) in [4.78, 5) is 29.0. The zero-order valence-corrected chi connectivity index (χ0v) is 11.7. The van der Waals surface area contributed by atoms with Gasteiger partial charge in [0.2, 0.25) is 0 Å². The van der Waals surface area contributed by atoms with E-state index in [0.717, 1.165) is 45.6 Å². The molecule has 3 rings (SSSR count). The van der Waals surface area contributed by atoms with Crippen LogP contribution in [0, 0.1) is 5.41 Å². The lowest BCUT2D eigenvalue weighted by molar-refractivity contribution is 0.0191. The highest BCUT2D eigenvalue weighted by atomic mass is 16.5. The molecule has 0 aromatic carbocycles. The summed E-state index contributed by atoms with van der Waals surface area (Å²) >= 11 is 0. The van der Waals surface area contributed by atoms with Crippen LogP contribution >= 0.6 is 0 Å². The fourth-order valence-electron chi connectivity index (χ4n) is 3.18. The van der Waals surface area contributed by atoms with Crippen molar-refractivity contribution in [1.29, 1.82) is 0 Å². The first kappa shape index (κ1) is 14.0. The van der Waals surface area contributed by atoms with Crippen LogP contribution in [0.3, 0.4) is 0 Å². The van der Waals surface area contributed by atoms with Gasteiger partial charge in [0.1, 0.15) is 5.69 Å². The van der Waals surface area contributed by atoms with Gasteiger partial charge in [0.25, 0.3) is 5.91 Å². The summed E-state index contributed by atoms with van der Waals surface area (Å²) in [6, 6.07) is 2.92. The molecule has 1 aromatic heterocycles. The van der Waals surface area contributed by atoms with Crippen molar-refractivity contribution in [3.63, 3.8) is 0 Å². The molecule has 112 valence electrons. The maximum Gasteiger partial charge on any atom is 0.354 e. The minimum atomic E-state index is -1.12. The maximum atomic E-state index is 12.5. The number of carboxylic acids is 1. The van der Waals surface area contributed by atoms with Crippen molar-refractivity contribution in [2.45, 2.75) is 19.3 Å².